The maximum Gasteiger partial charge on any atom is 0.356 e. The van der Waals surface area contributed by atoms with E-state index in [1.165, 1.54) is 30.5 Å². The minimum Gasteiger partial charge on any atom is -0.459 e. The van der Waals surface area contributed by atoms with Crippen LogP contribution in [0.5, 0.6) is 0 Å². The van der Waals surface area contributed by atoms with Gasteiger partial charge in [-0.2, -0.15) is 0 Å². The molecule has 1 amide bonds. The number of nitrogens with one attached hydrogen (secondary N) is 4. The summed E-state index contributed by atoms with van der Waals surface area (Å²) in [6.45, 7) is 1.80. The van der Waals surface area contributed by atoms with E-state index < -0.39 is 32.4 Å². The lowest BCUT2D eigenvalue weighted by Crippen LogP contribution is -2.32. The molecule has 14 heteroatoms. The number of rotatable bonds is 8. The minimum atomic E-state index is -4.03. The fourth-order valence-corrected chi connectivity index (χ4v) is 3.06. The van der Waals surface area contributed by atoms with Crippen molar-refractivity contribution in [3.05, 3.63) is 70.4 Å². The molecule has 0 unspecified atom stereocenters. The Morgan fingerprint density at radius 1 is 1.10 bits per heavy atom. The zero-order chi connectivity index (χ0) is 21.7. The average Bonchev–Trinajstić information content (AvgIpc) is 3.25. The van der Waals surface area contributed by atoms with E-state index in [1.807, 2.05) is 4.83 Å². The predicted molar refractivity (Wildman–Crippen MR) is 104 cm³/mol. The normalized spacial score (nSPS) is 11.0. The van der Waals surface area contributed by atoms with Gasteiger partial charge in [0.25, 0.3) is 10.0 Å². The molecule has 0 aliphatic carbocycles. The largest absolute Gasteiger partial charge is 0.459 e. The first-order valence-electron chi connectivity index (χ1n) is 8.21. The average molecular weight is 433 g/mol. The van der Waals surface area contributed by atoms with Crippen LogP contribution in [0.3, 0.4) is 0 Å². The molecule has 13 nitrogen and oxygen atoms in total. The number of amides is 1. The van der Waals surface area contributed by atoms with E-state index in [0.717, 1.165) is 11.9 Å². The van der Waals surface area contributed by atoms with Crippen molar-refractivity contribution < 1.29 is 22.6 Å². The predicted octanol–water partition coefficient (Wildman–Crippen LogP) is 1.35. The molecule has 0 radical (unpaired) electrons. The van der Waals surface area contributed by atoms with Crippen LogP contribution >= 0.6 is 0 Å². The summed E-state index contributed by atoms with van der Waals surface area (Å²) >= 11 is 0. The highest BCUT2D eigenvalue weighted by atomic mass is 32.2. The van der Waals surface area contributed by atoms with E-state index in [4.69, 9.17) is 4.42 Å². The number of furan rings is 1. The smallest absolute Gasteiger partial charge is 0.356 e. The number of aryl methyl sites for hydroxylation is 1. The summed E-state index contributed by atoms with van der Waals surface area (Å²) in [5.74, 6) is -1.57. The Labute approximate surface area is 169 Å². The van der Waals surface area contributed by atoms with Gasteiger partial charge in [0.2, 0.25) is 11.6 Å². The van der Waals surface area contributed by atoms with Gasteiger partial charge in [0.15, 0.2) is 5.76 Å². The number of carbonyl (C=O) groups is 1. The van der Waals surface area contributed by atoms with E-state index in [2.05, 4.69) is 26.2 Å². The van der Waals surface area contributed by atoms with Crippen LogP contribution in [0.1, 0.15) is 16.1 Å². The summed E-state index contributed by atoms with van der Waals surface area (Å²) in [4.78, 5) is 31.9. The summed E-state index contributed by atoms with van der Waals surface area (Å²) in [7, 11) is -4.03. The zero-order valence-electron chi connectivity index (χ0n) is 15.3. The summed E-state index contributed by atoms with van der Waals surface area (Å²) in [6.07, 6.45) is 2.22. The Morgan fingerprint density at radius 2 is 1.77 bits per heavy atom. The van der Waals surface area contributed by atoms with Gasteiger partial charge in [-0.15, -0.1) is 4.83 Å². The number of aromatic nitrogens is 2. The number of sulfonamides is 1. The summed E-state index contributed by atoms with van der Waals surface area (Å²) in [5, 5.41) is 11.5. The highest BCUT2D eigenvalue weighted by Crippen LogP contribution is 2.28. The van der Waals surface area contributed by atoms with Crippen LogP contribution in [0.15, 0.2) is 58.3 Å². The minimum absolute atomic E-state index is 0.0385. The van der Waals surface area contributed by atoms with Crippen molar-refractivity contribution >= 4 is 33.3 Å². The molecule has 156 valence electrons. The van der Waals surface area contributed by atoms with Crippen molar-refractivity contribution in [2.24, 2.45) is 0 Å². The van der Waals surface area contributed by atoms with Crippen LogP contribution in [-0.2, 0) is 10.0 Å². The highest BCUT2D eigenvalue weighted by Gasteiger charge is 2.25. The monoisotopic (exact) mass is 433 g/mol. The second-order valence-corrected chi connectivity index (χ2v) is 7.46. The van der Waals surface area contributed by atoms with Gasteiger partial charge in [0, 0.05) is 0 Å². The van der Waals surface area contributed by atoms with Crippen molar-refractivity contribution in [3.63, 3.8) is 0 Å². The molecule has 0 saturated carbocycles. The third-order valence-electron chi connectivity index (χ3n) is 3.68. The molecule has 0 aliphatic heterocycles. The zero-order valence-corrected chi connectivity index (χ0v) is 16.1. The van der Waals surface area contributed by atoms with Gasteiger partial charge in [-0.25, -0.2) is 18.4 Å². The van der Waals surface area contributed by atoms with Gasteiger partial charge < -0.3 is 4.42 Å². The molecule has 3 rings (SSSR count). The molecule has 0 spiro atoms. The molecule has 0 atom stereocenters. The van der Waals surface area contributed by atoms with Crippen LogP contribution in [0, 0.1) is 17.0 Å². The maximum atomic E-state index is 12.4. The Balaban J connectivity index is 1.78. The molecule has 30 heavy (non-hydrogen) atoms. The standard InChI is InChI=1S/C16H15N7O6S/c1-10-4-6-11(7-5-10)30(27,28)22-20-15-13(23(25)26)14(17-9-18-15)19-21-16(24)12-3-2-8-29-12/h2-9,22H,1H3,(H,21,24)(H2,17,18,19,20). The van der Waals surface area contributed by atoms with Gasteiger partial charge in [0.1, 0.15) is 6.33 Å². The van der Waals surface area contributed by atoms with Gasteiger partial charge in [-0.1, -0.05) is 17.7 Å². The topological polar surface area (TPSA) is 181 Å². The maximum absolute atomic E-state index is 12.4. The molecule has 0 saturated heterocycles. The summed E-state index contributed by atoms with van der Waals surface area (Å²) in [5.41, 5.74) is 6.83. The molecule has 3 aromatic rings. The summed E-state index contributed by atoms with van der Waals surface area (Å²) in [6, 6.07) is 8.84. The lowest BCUT2D eigenvalue weighted by atomic mass is 10.2. The molecule has 1 aromatic carbocycles. The van der Waals surface area contributed by atoms with Gasteiger partial charge in [-0.3, -0.25) is 31.2 Å². The number of anilines is 2. The number of hydrazine groups is 2. The summed E-state index contributed by atoms with van der Waals surface area (Å²) < 4.78 is 29.6. The third kappa shape index (κ3) is 4.68. The molecule has 2 heterocycles. The van der Waals surface area contributed by atoms with Crippen molar-refractivity contribution in [3.8, 4) is 0 Å². The Bertz CT molecular complexity index is 1160. The molecule has 0 bridgehead atoms. The quantitative estimate of drug-likeness (QED) is 0.299. The lowest BCUT2D eigenvalue weighted by molar-refractivity contribution is -0.383. The van der Waals surface area contributed by atoms with E-state index in [1.54, 1.807) is 19.1 Å². The fourth-order valence-electron chi connectivity index (χ4n) is 2.21. The van der Waals surface area contributed by atoms with Crippen LogP contribution in [-0.4, -0.2) is 29.2 Å². The van der Waals surface area contributed by atoms with Crippen LogP contribution in [0.25, 0.3) is 0 Å². The third-order valence-corrected chi connectivity index (χ3v) is 4.94. The van der Waals surface area contributed by atoms with E-state index >= 15 is 0 Å². The number of nitrogens with zero attached hydrogens (tertiary/aromatic N) is 3. The lowest BCUT2D eigenvalue weighted by Gasteiger charge is -2.11. The van der Waals surface area contributed by atoms with Crippen LogP contribution in [0.4, 0.5) is 17.3 Å². The number of carbonyl (C=O) groups excluding carboxylic acids is 1. The van der Waals surface area contributed by atoms with Crippen LogP contribution < -0.4 is 21.1 Å². The molecular formula is C16H15N7O6S. The Hall–Kier alpha value is -4.04. The van der Waals surface area contributed by atoms with Gasteiger partial charge >= 0.3 is 11.6 Å². The first-order valence-corrected chi connectivity index (χ1v) is 9.70. The van der Waals surface area contributed by atoms with Crippen molar-refractivity contribution in [2.45, 2.75) is 11.8 Å². The molecule has 0 fully saturated rings. The number of hydrogen-bond donors (Lipinski definition) is 4. The molecule has 2 aromatic heterocycles. The first-order chi connectivity index (χ1) is 14.3. The Kier molecular flexibility index (Phi) is 5.89. The van der Waals surface area contributed by atoms with Crippen molar-refractivity contribution in [1.82, 2.24) is 20.2 Å². The van der Waals surface area contributed by atoms with Gasteiger partial charge in [-0.05, 0) is 31.2 Å². The highest BCUT2D eigenvalue weighted by molar-refractivity contribution is 7.89. The molecule has 4 N–H and O–H groups in total. The Morgan fingerprint density at radius 3 is 2.37 bits per heavy atom. The first kappa shape index (κ1) is 20.7. The van der Waals surface area contributed by atoms with Gasteiger partial charge in [0.05, 0.1) is 16.1 Å². The van der Waals surface area contributed by atoms with Crippen molar-refractivity contribution in [2.75, 3.05) is 10.9 Å². The van der Waals surface area contributed by atoms with E-state index in [-0.39, 0.29) is 16.5 Å². The second-order valence-electron chi connectivity index (χ2n) is 5.78. The van der Waals surface area contributed by atoms with E-state index in [0.29, 0.717) is 0 Å². The number of nitro groups is 1. The number of benzene rings is 1. The van der Waals surface area contributed by atoms with E-state index in [9.17, 15) is 23.3 Å². The van der Waals surface area contributed by atoms with Crippen molar-refractivity contribution in [1.29, 1.82) is 0 Å². The SMILES string of the molecule is Cc1ccc(S(=O)(=O)NNc2ncnc(NNC(=O)c3ccco3)c2[N+](=O)[O-])cc1. The second kappa shape index (κ2) is 8.54. The number of hydrogen-bond acceptors (Lipinski definition) is 10. The van der Waals surface area contributed by atoms with Crippen LogP contribution in [0.2, 0.25) is 0 Å². The molecule has 0 aliphatic rings. The fraction of sp³-hybridized carbons (Fsp3) is 0.0625. The molecular weight excluding hydrogens is 418 g/mol.